The standard InChI is InChI=1S/C15H30N4O2/c1-5-18(6-2)15(21)19-10-7-13(8-11-19)14(20)17(4)12-9-16-3/h13,16H,5-12H2,1-4H3. The Hall–Kier alpha value is -1.30. The molecular formula is C15H30N4O2. The summed E-state index contributed by atoms with van der Waals surface area (Å²) >= 11 is 0. The lowest BCUT2D eigenvalue weighted by Crippen LogP contribution is -2.48. The van der Waals surface area contributed by atoms with Gasteiger partial charge in [0.1, 0.15) is 0 Å². The largest absolute Gasteiger partial charge is 0.344 e. The molecule has 3 amide bonds. The van der Waals surface area contributed by atoms with E-state index in [1.54, 1.807) is 4.90 Å². The van der Waals surface area contributed by atoms with E-state index in [1.807, 2.05) is 37.7 Å². The highest BCUT2D eigenvalue weighted by Gasteiger charge is 2.30. The van der Waals surface area contributed by atoms with Crippen molar-refractivity contribution in [2.24, 2.45) is 5.92 Å². The maximum Gasteiger partial charge on any atom is 0.319 e. The zero-order chi connectivity index (χ0) is 15.8. The molecule has 0 unspecified atom stereocenters. The van der Waals surface area contributed by atoms with Crippen LogP contribution in [0.5, 0.6) is 0 Å². The van der Waals surface area contributed by atoms with E-state index in [4.69, 9.17) is 0 Å². The number of likely N-dealkylation sites (tertiary alicyclic amines) is 1. The van der Waals surface area contributed by atoms with Crippen molar-refractivity contribution in [3.8, 4) is 0 Å². The lowest BCUT2D eigenvalue weighted by molar-refractivity contribution is -0.135. The molecule has 0 aromatic carbocycles. The number of hydrogen-bond donors (Lipinski definition) is 1. The van der Waals surface area contributed by atoms with E-state index in [9.17, 15) is 9.59 Å². The first-order valence-electron chi connectivity index (χ1n) is 7.98. The molecule has 0 aliphatic carbocycles. The second-order valence-corrected chi connectivity index (χ2v) is 5.58. The van der Waals surface area contributed by atoms with Gasteiger partial charge in [0, 0.05) is 52.2 Å². The summed E-state index contributed by atoms with van der Waals surface area (Å²) in [4.78, 5) is 30.1. The Balaban J connectivity index is 2.44. The number of carbonyl (C=O) groups is 2. The Kier molecular flexibility index (Phi) is 7.50. The number of nitrogens with zero attached hydrogens (tertiary/aromatic N) is 3. The molecule has 122 valence electrons. The summed E-state index contributed by atoms with van der Waals surface area (Å²) < 4.78 is 0. The number of nitrogens with one attached hydrogen (secondary N) is 1. The van der Waals surface area contributed by atoms with E-state index >= 15 is 0 Å². The van der Waals surface area contributed by atoms with Gasteiger partial charge in [-0.1, -0.05) is 0 Å². The summed E-state index contributed by atoms with van der Waals surface area (Å²) in [5.74, 6) is 0.271. The molecule has 0 atom stereocenters. The van der Waals surface area contributed by atoms with Crippen LogP contribution in [0, 0.1) is 5.92 Å². The Morgan fingerprint density at radius 3 is 2.24 bits per heavy atom. The van der Waals surface area contributed by atoms with E-state index in [0.29, 0.717) is 13.1 Å². The minimum absolute atomic E-state index is 0.0626. The van der Waals surface area contributed by atoms with Crippen LogP contribution in [-0.4, -0.2) is 80.0 Å². The molecule has 1 heterocycles. The van der Waals surface area contributed by atoms with Crippen LogP contribution in [0.15, 0.2) is 0 Å². The number of carbonyl (C=O) groups excluding carboxylic acids is 2. The maximum absolute atomic E-state index is 12.3. The lowest BCUT2D eigenvalue weighted by atomic mass is 9.95. The van der Waals surface area contributed by atoms with Crippen molar-refractivity contribution in [1.82, 2.24) is 20.0 Å². The molecule has 1 aliphatic rings. The molecule has 21 heavy (non-hydrogen) atoms. The third-order valence-electron chi connectivity index (χ3n) is 4.22. The highest BCUT2D eigenvalue weighted by atomic mass is 16.2. The highest BCUT2D eigenvalue weighted by Crippen LogP contribution is 2.20. The molecule has 0 spiro atoms. The molecule has 1 saturated heterocycles. The molecule has 6 heteroatoms. The Bertz CT molecular complexity index is 337. The fourth-order valence-electron chi connectivity index (χ4n) is 2.71. The SMILES string of the molecule is CCN(CC)C(=O)N1CCC(C(=O)N(C)CCNC)CC1. The predicted molar refractivity (Wildman–Crippen MR) is 84.2 cm³/mol. The van der Waals surface area contributed by atoms with Crippen molar-refractivity contribution < 1.29 is 9.59 Å². The van der Waals surface area contributed by atoms with Crippen LogP contribution in [0.4, 0.5) is 4.79 Å². The maximum atomic E-state index is 12.3. The van der Waals surface area contributed by atoms with Crippen LogP contribution in [0.25, 0.3) is 0 Å². The molecule has 1 fully saturated rings. The van der Waals surface area contributed by atoms with Crippen LogP contribution >= 0.6 is 0 Å². The van der Waals surface area contributed by atoms with Crippen molar-refractivity contribution >= 4 is 11.9 Å². The van der Waals surface area contributed by atoms with Gasteiger partial charge in [0.05, 0.1) is 0 Å². The number of amides is 3. The summed E-state index contributed by atoms with van der Waals surface area (Å²) in [6.07, 6.45) is 1.55. The van der Waals surface area contributed by atoms with E-state index < -0.39 is 0 Å². The smallest absolute Gasteiger partial charge is 0.319 e. The zero-order valence-corrected chi connectivity index (χ0v) is 13.9. The molecule has 0 aromatic rings. The van der Waals surface area contributed by atoms with Crippen LogP contribution in [-0.2, 0) is 4.79 Å². The Morgan fingerprint density at radius 1 is 1.19 bits per heavy atom. The summed E-state index contributed by atoms with van der Waals surface area (Å²) in [6, 6.07) is 0.106. The van der Waals surface area contributed by atoms with Crippen LogP contribution < -0.4 is 5.32 Å². The van der Waals surface area contributed by atoms with Gasteiger partial charge in [0.25, 0.3) is 0 Å². The number of urea groups is 1. The quantitative estimate of drug-likeness (QED) is 0.790. The van der Waals surface area contributed by atoms with Crippen molar-refractivity contribution in [2.45, 2.75) is 26.7 Å². The summed E-state index contributed by atoms with van der Waals surface area (Å²) in [6.45, 7) is 8.37. The van der Waals surface area contributed by atoms with Gasteiger partial charge >= 0.3 is 6.03 Å². The van der Waals surface area contributed by atoms with Crippen molar-refractivity contribution in [3.63, 3.8) is 0 Å². The first-order chi connectivity index (χ1) is 10.0. The summed E-state index contributed by atoms with van der Waals surface area (Å²) in [7, 11) is 3.74. The molecule has 1 N–H and O–H groups in total. The van der Waals surface area contributed by atoms with Gasteiger partial charge in [-0.2, -0.15) is 0 Å². The van der Waals surface area contributed by atoms with Gasteiger partial charge in [-0.05, 0) is 33.7 Å². The molecule has 1 rings (SSSR count). The molecule has 0 aromatic heterocycles. The van der Waals surface area contributed by atoms with Crippen LogP contribution in [0.1, 0.15) is 26.7 Å². The summed E-state index contributed by atoms with van der Waals surface area (Å²) in [5.41, 5.74) is 0. The number of rotatable bonds is 6. The normalized spacial score (nSPS) is 15.9. The van der Waals surface area contributed by atoms with Crippen molar-refractivity contribution in [2.75, 3.05) is 53.4 Å². The number of hydrogen-bond acceptors (Lipinski definition) is 3. The molecular weight excluding hydrogens is 268 g/mol. The second-order valence-electron chi connectivity index (χ2n) is 5.58. The average Bonchev–Trinajstić information content (AvgIpc) is 2.53. The fraction of sp³-hybridized carbons (Fsp3) is 0.867. The molecule has 6 nitrogen and oxygen atoms in total. The van der Waals surface area contributed by atoms with E-state index in [-0.39, 0.29) is 17.9 Å². The average molecular weight is 298 g/mol. The molecule has 1 aliphatic heterocycles. The topological polar surface area (TPSA) is 55.9 Å². The van der Waals surface area contributed by atoms with Gasteiger partial charge in [0.15, 0.2) is 0 Å². The van der Waals surface area contributed by atoms with E-state index in [0.717, 1.165) is 39.0 Å². The zero-order valence-electron chi connectivity index (χ0n) is 13.9. The third kappa shape index (κ3) is 4.88. The van der Waals surface area contributed by atoms with Gasteiger partial charge in [-0.25, -0.2) is 4.79 Å². The fourth-order valence-corrected chi connectivity index (χ4v) is 2.71. The number of likely N-dealkylation sites (N-methyl/N-ethyl adjacent to an activating group) is 2. The van der Waals surface area contributed by atoms with Gasteiger partial charge in [-0.3, -0.25) is 4.79 Å². The van der Waals surface area contributed by atoms with E-state index in [1.165, 1.54) is 0 Å². The molecule has 0 bridgehead atoms. The van der Waals surface area contributed by atoms with Crippen LogP contribution in [0.2, 0.25) is 0 Å². The number of piperidine rings is 1. The lowest BCUT2D eigenvalue weighted by Gasteiger charge is -2.35. The molecule has 0 saturated carbocycles. The molecule has 0 radical (unpaired) electrons. The van der Waals surface area contributed by atoms with Gasteiger partial charge in [0.2, 0.25) is 5.91 Å². The third-order valence-corrected chi connectivity index (χ3v) is 4.22. The monoisotopic (exact) mass is 298 g/mol. The van der Waals surface area contributed by atoms with Crippen molar-refractivity contribution in [1.29, 1.82) is 0 Å². The van der Waals surface area contributed by atoms with E-state index in [2.05, 4.69) is 5.32 Å². The first kappa shape index (κ1) is 17.8. The minimum Gasteiger partial charge on any atom is -0.344 e. The van der Waals surface area contributed by atoms with Crippen molar-refractivity contribution in [3.05, 3.63) is 0 Å². The van der Waals surface area contributed by atoms with Crippen LogP contribution in [0.3, 0.4) is 0 Å². The summed E-state index contributed by atoms with van der Waals surface area (Å²) in [5, 5.41) is 3.05. The predicted octanol–water partition coefficient (Wildman–Crippen LogP) is 0.838. The van der Waals surface area contributed by atoms with Gasteiger partial charge < -0.3 is 20.0 Å². The Labute approximate surface area is 128 Å². The highest BCUT2D eigenvalue weighted by molar-refractivity contribution is 5.79. The second kappa shape index (κ2) is 8.87. The minimum atomic E-state index is 0.0626. The first-order valence-corrected chi connectivity index (χ1v) is 7.98. The Morgan fingerprint density at radius 2 is 1.76 bits per heavy atom. The van der Waals surface area contributed by atoms with Gasteiger partial charge in [-0.15, -0.1) is 0 Å².